The van der Waals surface area contributed by atoms with E-state index < -0.39 is 0 Å². The minimum atomic E-state index is -0.211. The average Bonchev–Trinajstić information content (AvgIpc) is 3.95. The molecule has 4 aliphatic heterocycles. The number of aromatic nitrogens is 2. The van der Waals surface area contributed by atoms with Crippen molar-refractivity contribution in [1.29, 1.82) is 0 Å². The van der Waals surface area contributed by atoms with E-state index in [2.05, 4.69) is 303 Å². The molecule has 0 fully saturated rings. The molecule has 2 aromatic heterocycles. The Hall–Kier alpha value is -10.5. The minimum absolute atomic E-state index is 0.190. The van der Waals surface area contributed by atoms with Crippen LogP contribution in [0, 0.1) is 0 Å². The van der Waals surface area contributed by atoms with Crippen LogP contribution in [0.5, 0.6) is 11.6 Å². The molecule has 80 heavy (non-hydrogen) atoms. The molecule has 17 rings (SSSR count). The van der Waals surface area contributed by atoms with Gasteiger partial charge >= 0.3 is 0 Å². The molecule has 0 saturated carbocycles. The maximum Gasteiger partial charge on any atom is 0.258 e. The van der Waals surface area contributed by atoms with E-state index in [0.29, 0.717) is 5.88 Å². The summed E-state index contributed by atoms with van der Waals surface area (Å²) in [5.41, 5.74) is 22.0. The highest BCUT2D eigenvalue weighted by atomic mass is 16.5. The second kappa shape index (κ2) is 17.5. The summed E-state index contributed by atoms with van der Waals surface area (Å²) in [6.45, 7) is -0.402. The van der Waals surface area contributed by atoms with Crippen LogP contribution in [0.1, 0.15) is 0 Å². The average molecular weight is 1020 g/mol. The van der Waals surface area contributed by atoms with Gasteiger partial charge in [0, 0.05) is 73.7 Å². The first-order valence-corrected chi connectivity index (χ1v) is 27.4. The molecule has 372 valence electrons. The first-order chi connectivity index (χ1) is 39.7. The SMILES string of the molecule is c1ccc(N(c2ccccc2)c2cc3c4c(c2)N(c2ccccc2)c2ccccc2B4c2cc4c(nc2O3)N(c2ccccc2)c2cc(-n3c5ccccc5c5ccccc53)cc3c2B4c2ccccc2N3c2ccccc2)cc1. The maximum absolute atomic E-state index is 7.55. The van der Waals surface area contributed by atoms with Gasteiger partial charge in [-0.15, -0.1) is 0 Å². The molecular weight excluding hydrogens is 974 g/mol. The Morgan fingerprint density at radius 2 is 0.762 bits per heavy atom. The number of hydrogen-bond acceptors (Lipinski definition) is 6. The Morgan fingerprint density at radius 1 is 0.325 bits per heavy atom. The maximum atomic E-state index is 7.55. The number of para-hydroxylation sites is 9. The van der Waals surface area contributed by atoms with Crippen molar-refractivity contribution in [2.24, 2.45) is 0 Å². The van der Waals surface area contributed by atoms with Gasteiger partial charge in [-0.3, -0.25) is 4.90 Å². The smallest absolute Gasteiger partial charge is 0.258 e. The van der Waals surface area contributed by atoms with Gasteiger partial charge in [0.25, 0.3) is 13.4 Å². The summed E-state index contributed by atoms with van der Waals surface area (Å²) in [4.78, 5) is 15.6. The quantitative estimate of drug-likeness (QED) is 0.148. The number of pyridine rings is 1. The van der Waals surface area contributed by atoms with Crippen molar-refractivity contribution in [3.05, 3.63) is 279 Å². The van der Waals surface area contributed by atoms with E-state index in [0.717, 1.165) is 107 Å². The minimum Gasteiger partial charge on any atom is -0.440 e. The summed E-state index contributed by atoms with van der Waals surface area (Å²) in [7, 11) is 0. The standard InChI is InChI=1S/C71H46B2N6O/c1-6-24-47(25-7-1)75(48-26-8-2-9-27-48)53-44-66-69-67(45-53)80-71-59(73(69)57-37-19-23-41-63(57)77(66)50-30-12-4-13-31-50)46-58-70(74-71)79(51-32-14-5-15-33-51)65-43-52(78-60-38-20-16-34-54(60)55-35-17-21-39-61(55)78)42-64-68(65)72(58)56-36-18-22-40-62(56)76(64)49-28-10-3-11-29-49/h1-46H. The van der Waals surface area contributed by atoms with E-state index in [4.69, 9.17) is 9.72 Å². The summed E-state index contributed by atoms with van der Waals surface area (Å²) >= 11 is 0. The zero-order valence-corrected chi connectivity index (χ0v) is 43.3. The molecule has 0 spiro atoms. The lowest BCUT2D eigenvalue weighted by atomic mass is 9.31. The van der Waals surface area contributed by atoms with E-state index in [9.17, 15) is 0 Å². The highest BCUT2D eigenvalue weighted by Gasteiger charge is 2.48. The second-order valence-corrected chi connectivity index (χ2v) is 21.0. The number of nitrogens with zero attached hydrogens (tertiary/aromatic N) is 6. The van der Waals surface area contributed by atoms with Crippen molar-refractivity contribution < 1.29 is 4.74 Å². The van der Waals surface area contributed by atoms with E-state index in [1.165, 1.54) is 27.2 Å². The number of benzene rings is 11. The molecule has 0 atom stereocenters. The van der Waals surface area contributed by atoms with Crippen LogP contribution in [-0.4, -0.2) is 23.0 Å². The summed E-state index contributed by atoms with van der Waals surface area (Å²) in [5.74, 6) is 2.21. The van der Waals surface area contributed by atoms with Crippen LogP contribution in [0.25, 0.3) is 27.5 Å². The van der Waals surface area contributed by atoms with Gasteiger partial charge in [0.2, 0.25) is 5.88 Å². The van der Waals surface area contributed by atoms with E-state index in [-0.39, 0.29) is 13.4 Å². The first-order valence-electron chi connectivity index (χ1n) is 27.4. The molecule has 7 nitrogen and oxygen atoms in total. The summed E-state index contributed by atoms with van der Waals surface area (Å²) in [5, 5.41) is 2.43. The van der Waals surface area contributed by atoms with Crippen molar-refractivity contribution in [1.82, 2.24) is 9.55 Å². The lowest BCUT2D eigenvalue weighted by molar-refractivity contribution is 0.468. The fourth-order valence-corrected chi connectivity index (χ4v) is 13.5. The monoisotopic (exact) mass is 1020 g/mol. The fourth-order valence-electron chi connectivity index (χ4n) is 13.5. The van der Waals surface area contributed by atoms with Crippen LogP contribution in [0.4, 0.5) is 68.4 Å². The molecule has 0 amide bonds. The Bertz CT molecular complexity index is 4520. The third-order valence-electron chi connectivity index (χ3n) is 16.7. The zero-order chi connectivity index (χ0) is 52.4. The van der Waals surface area contributed by atoms with E-state index in [1.807, 2.05) is 0 Å². The molecular formula is C71H46B2N6O. The molecule has 13 aromatic rings. The zero-order valence-electron chi connectivity index (χ0n) is 43.3. The van der Waals surface area contributed by atoms with Gasteiger partial charge in [-0.05, 0) is 136 Å². The fraction of sp³-hybridized carbons (Fsp3) is 0. The van der Waals surface area contributed by atoms with Gasteiger partial charge in [-0.25, -0.2) is 0 Å². The lowest BCUT2D eigenvalue weighted by Crippen LogP contribution is -2.64. The predicted molar refractivity (Wildman–Crippen MR) is 333 cm³/mol. The van der Waals surface area contributed by atoms with Gasteiger partial charge in [-0.1, -0.05) is 170 Å². The van der Waals surface area contributed by atoms with E-state index >= 15 is 0 Å². The Balaban J connectivity index is 0.958. The molecule has 0 aliphatic carbocycles. The molecule has 11 aromatic carbocycles. The van der Waals surface area contributed by atoms with Crippen molar-refractivity contribution in [3.8, 4) is 17.3 Å². The number of hydrogen-bond donors (Lipinski definition) is 0. The van der Waals surface area contributed by atoms with Gasteiger partial charge < -0.3 is 24.0 Å². The largest absolute Gasteiger partial charge is 0.440 e. The number of rotatable bonds is 7. The predicted octanol–water partition coefficient (Wildman–Crippen LogP) is 14.1. The second-order valence-electron chi connectivity index (χ2n) is 21.0. The van der Waals surface area contributed by atoms with Crippen LogP contribution in [-0.2, 0) is 0 Å². The van der Waals surface area contributed by atoms with Crippen molar-refractivity contribution >= 4 is 136 Å². The van der Waals surface area contributed by atoms with Crippen LogP contribution >= 0.6 is 0 Å². The highest BCUT2D eigenvalue weighted by Crippen LogP contribution is 2.49. The van der Waals surface area contributed by atoms with Crippen molar-refractivity contribution in [3.63, 3.8) is 0 Å². The van der Waals surface area contributed by atoms with Crippen molar-refractivity contribution in [2.45, 2.75) is 0 Å². The summed E-state index contributed by atoms with van der Waals surface area (Å²) < 4.78 is 10.00. The van der Waals surface area contributed by atoms with Crippen LogP contribution in [0.15, 0.2) is 279 Å². The van der Waals surface area contributed by atoms with Gasteiger partial charge in [0.15, 0.2) is 0 Å². The number of anilines is 12. The molecule has 9 heteroatoms. The molecule has 0 bridgehead atoms. The molecule has 6 heterocycles. The Morgan fingerprint density at radius 3 is 1.31 bits per heavy atom. The molecule has 0 radical (unpaired) electrons. The van der Waals surface area contributed by atoms with Crippen LogP contribution in [0.3, 0.4) is 0 Å². The topological polar surface area (TPSA) is 40.0 Å². The number of fused-ring (bicyclic) bond motifs is 11. The van der Waals surface area contributed by atoms with E-state index in [1.54, 1.807) is 0 Å². The molecule has 4 aliphatic rings. The third-order valence-corrected chi connectivity index (χ3v) is 16.7. The summed E-state index contributed by atoms with van der Waals surface area (Å²) in [6, 6.07) is 101. The van der Waals surface area contributed by atoms with Crippen molar-refractivity contribution in [2.75, 3.05) is 19.6 Å². The summed E-state index contributed by atoms with van der Waals surface area (Å²) in [6.07, 6.45) is 0. The molecule has 0 unspecified atom stereocenters. The van der Waals surface area contributed by atoms with Gasteiger partial charge in [0.1, 0.15) is 11.6 Å². The Labute approximate surface area is 464 Å². The Kier molecular flexibility index (Phi) is 9.77. The normalized spacial score (nSPS) is 13.2. The van der Waals surface area contributed by atoms with Gasteiger partial charge in [-0.2, -0.15) is 4.98 Å². The van der Waals surface area contributed by atoms with Crippen LogP contribution in [0.2, 0.25) is 0 Å². The van der Waals surface area contributed by atoms with Crippen LogP contribution < -0.4 is 57.1 Å². The first kappa shape index (κ1) is 44.6. The molecule has 0 N–H and O–H groups in total. The molecule has 0 saturated heterocycles. The lowest BCUT2D eigenvalue weighted by Gasteiger charge is -2.45. The highest BCUT2D eigenvalue weighted by molar-refractivity contribution is 7.02. The number of ether oxygens (including phenoxy) is 1. The van der Waals surface area contributed by atoms with Gasteiger partial charge in [0.05, 0.1) is 22.4 Å². The third kappa shape index (κ3) is 6.55.